The van der Waals surface area contributed by atoms with Gasteiger partial charge in [-0.3, -0.25) is 4.79 Å². The normalized spacial score (nSPS) is 16.6. The summed E-state index contributed by atoms with van der Waals surface area (Å²) in [5.74, 6) is 0.960. The maximum Gasteiger partial charge on any atom is 0.263 e. The molecule has 1 atom stereocenters. The van der Waals surface area contributed by atoms with E-state index in [1.807, 2.05) is 24.3 Å². The third kappa shape index (κ3) is 4.97. The van der Waals surface area contributed by atoms with Crippen LogP contribution in [0.4, 0.5) is 0 Å². The number of rotatable bonds is 6. The molecule has 1 amide bonds. The minimum Gasteiger partial charge on any atom is -0.481 e. The Hall–Kier alpha value is -2.38. The Morgan fingerprint density at radius 1 is 0.897 bits per heavy atom. The minimum atomic E-state index is -3.53. The Bertz CT molecular complexity index is 919. The van der Waals surface area contributed by atoms with E-state index in [1.54, 1.807) is 42.2 Å². The SMILES string of the molecule is CC(Oc1ccc(C(C)C)cc1)C(=O)N1CCN(S(=O)(=O)c2ccccc2)CC1. The van der Waals surface area contributed by atoms with E-state index in [-0.39, 0.29) is 23.9 Å². The first kappa shape index (κ1) is 21.3. The highest BCUT2D eigenvalue weighted by Gasteiger charge is 2.31. The zero-order valence-corrected chi connectivity index (χ0v) is 17.9. The van der Waals surface area contributed by atoms with Crippen molar-refractivity contribution < 1.29 is 17.9 Å². The van der Waals surface area contributed by atoms with Crippen LogP contribution >= 0.6 is 0 Å². The Balaban J connectivity index is 1.56. The minimum absolute atomic E-state index is 0.130. The van der Waals surface area contributed by atoms with Gasteiger partial charge in [0.05, 0.1) is 4.90 Å². The number of carbonyl (C=O) groups is 1. The van der Waals surface area contributed by atoms with Crippen LogP contribution in [-0.2, 0) is 14.8 Å². The molecule has 1 aliphatic rings. The van der Waals surface area contributed by atoms with Crippen molar-refractivity contribution in [3.8, 4) is 5.75 Å². The van der Waals surface area contributed by atoms with E-state index in [0.29, 0.717) is 24.8 Å². The average Bonchev–Trinajstić information content (AvgIpc) is 2.74. The molecule has 0 aliphatic carbocycles. The van der Waals surface area contributed by atoms with E-state index in [1.165, 1.54) is 9.87 Å². The Morgan fingerprint density at radius 3 is 2.03 bits per heavy atom. The summed E-state index contributed by atoms with van der Waals surface area (Å²) in [5, 5.41) is 0. The standard InChI is InChI=1S/C22H28N2O4S/c1-17(2)19-9-11-20(12-10-19)28-18(3)22(25)23-13-15-24(16-14-23)29(26,27)21-7-5-4-6-8-21/h4-12,17-18H,13-16H2,1-3H3. The Labute approximate surface area is 173 Å². The van der Waals surface area contributed by atoms with E-state index in [4.69, 9.17) is 4.74 Å². The molecule has 156 valence electrons. The summed E-state index contributed by atoms with van der Waals surface area (Å²) in [6.45, 7) is 7.23. The largest absolute Gasteiger partial charge is 0.481 e. The number of sulfonamides is 1. The Morgan fingerprint density at radius 2 is 1.48 bits per heavy atom. The van der Waals surface area contributed by atoms with Gasteiger partial charge < -0.3 is 9.64 Å². The van der Waals surface area contributed by atoms with Crippen molar-refractivity contribution in [2.24, 2.45) is 0 Å². The van der Waals surface area contributed by atoms with Crippen LogP contribution in [0.2, 0.25) is 0 Å². The van der Waals surface area contributed by atoms with Crippen molar-refractivity contribution in [1.82, 2.24) is 9.21 Å². The fourth-order valence-corrected chi connectivity index (χ4v) is 4.78. The molecule has 6 nitrogen and oxygen atoms in total. The zero-order chi connectivity index (χ0) is 21.0. The molecule has 0 bridgehead atoms. The van der Waals surface area contributed by atoms with Crippen LogP contribution in [0.5, 0.6) is 5.75 Å². The summed E-state index contributed by atoms with van der Waals surface area (Å²) in [5.41, 5.74) is 1.21. The van der Waals surface area contributed by atoms with Crippen LogP contribution in [0.1, 0.15) is 32.3 Å². The highest BCUT2D eigenvalue weighted by atomic mass is 32.2. The predicted octanol–water partition coefficient (Wildman–Crippen LogP) is 3.11. The number of hydrogen-bond acceptors (Lipinski definition) is 4. The quantitative estimate of drug-likeness (QED) is 0.726. The summed E-state index contributed by atoms with van der Waals surface area (Å²) < 4.78 is 32.7. The van der Waals surface area contributed by atoms with Crippen molar-refractivity contribution in [3.63, 3.8) is 0 Å². The molecule has 2 aromatic rings. The van der Waals surface area contributed by atoms with Gasteiger partial charge in [0.15, 0.2) is 6.10 Å². The summed E-state index contributed by atoms with van der Waals surface area (Å²) >= 11 is 0. The van der Waals surface area contributed by atoms with Crippen molar-refractivity contribution in [1.29, 1.82) is 0 Å². The van der Waals surface area contributed by atoms with Gasteiger partial charge >= 0.3 is 0 Å². The fraction of sp³-hybridized carbons (Fsp3) is 0.409. The first-order chi connectivity index (χ1) is 13.8. The second kappa shape index (κ2) is 8.97. The molecule has 1 saturated heterocycles. The third-order valence-electron chi connectivity index (χ3n) is 5.14. The Kier molecular flexibility index (Phi) is 6.59. The number of hydrogen-bond donors (Lipinski definition) is 0. The van der Waals surface area contributed by atoms with Crippen LogP contribution in [0.25, 0.3) is 0 Å². The molecule has 0 aromatic heterocycles. The maximum atomic E-state index is 12.7. The van der Waals surface area contributed by atoms with Gasteiger partial charge in [0.2, 0.25) is 10.0 Å². The number of piperazine rings is 1. The van der Waals surface area contributed by atoms with Crippen LogP contribution in [0.15, 0.2) is 59.5 Å². The molecule has 29 heavy (non-hydrogen) atoms. The van der Waals surface area contributed by atoms with Crippen LogP contribution in [0, 0.1) is 0 Å². The predicted molar refractivity (Wildman–Crippen MR) is 112 cm³/mol. The second-order valence-corrected chi connectivity index (χ2v) is 9.46. The fourth-order valence-electron chi connectivity index (χ4n) is 3.33. The summed E-state index contributed by atoms with van der Waals surface area (Å²) in [4.78, 5) is 14.7. The third-order valence-corrected chi connectivity index (χ3v) is 7.05. The van der Waals surface area contributed by atoms with E-state index >= 15 is 0 Å². The van der Waals surface area contributed by atoms with E-state index < -0.39 is 16.1 Å². The molecule has 0 radical (unpaired) electrons. The van der Waals surface area contributed by atoms with Gasteiger partial charge in [-0.1, -0.05) is 44.2 Å². The first-order valence-corrected chi connectivity index (χ1v) is 11.3. The van der Waals surface area contributed by atoms with Crippen LogP contribution < -0.4 is 4.74 Å². The molecular weight excluding hydrogens is 388 g/mol. The van der Waals surface area contributed by atoms with Gasteiger partial charge in [0.1, 0.15) is 5.75 Å². The van der Waals surface area contributed by atoms with Gasteiger partial charge in [0.25, 0.3) is 5.91 Å². The van der Waals surface area contributed by atoms with Crippen LogP contribution in [0.3, 0.4) is 0 Å². The lowest BCUT2D eigenvalue weighted by Gasteiger charge is -2.35. The maximum absolute atomic E-state index is 12.7. The molecule has 0 N–H and O–H groups in total. The zero-order valence-electron chi connectivity index (χ0n) is 17.1. The van der Waals surface area contributed by atoms with Gasteiger partial charge in [-0.2, -0.15) is 4.31 Å². The summed E-state index contributed by atoms with van der Waals surface area (Å²) in [7, 11) is -3.53. The molecule has 0 spiro atoms. The van der Waals surface area contributed by atoms with E-state index in [9.17, 15) is 13.2 Å². The lowest BCUT2D eigenvalue weighted by molar-refractivity contribution is -0.139. The van der Waals surface area contributed by atoms with Crippen molar-refractivity contribution >= 4 is 15.9 Å². The molecule has 7 heteroatoms. The molecule has 1 heterocycles. The smallest absolute Gasteiger partial charge is 0.263 e. The number of carbonyl (C=O) groups excluding carboxylic acids is 1. The number of ether oxygens (including phenoxy) is 1. The highest BCUT2D eigenvalue weighted by molar-refractivity contribution is 7.89. The van der Waals surface area contributed by atoms with Crippen molar-refractivity contribution in [3.05, 3.63) is 60.2 Å². The number of nitrogens with zero attached hydrogens (tertiary/aromatic N) is 2. The number of benzene rings is 2. The van der Waals surface area contributed by atoms with E-state index in [0.717, 1.165) is 0 Å². The lowest BCUT2D eigenvalue weighted by Crippen LogP contribution is -2.53. The van der Waals surface area contributed by atoms with E-state index in [2.05, 4.69) is 13.8 Å². The molecule has 1 unspecified atom stereocenters. The topological polar surface area (TPSA) is 66.9 Å². The van der Waals surface area contributed by atoms with Crippen LogP contribution in [-0.4, -0.2) is 55.8 Å². The molecule has 0 saturated carbocycles. The van der Waals surface area contributed by atoms with Gasteiger partial charge in [-0.15, -0.1) is 0 Å². The molecule has 1 aliphatic heterocycles. The molecule has 2 aromatic carbocycles. The first-order valence-electron chi connectivity index (χ1n) is 9.89. The van der Waals surface area contributed by atoms with Gasteiger partial charge in [-0.25, -0.2) is 8.42 Å². The van der Waals surface area contributed by atoms with Gasteiger partial charge in [-0.05, 0) is 42.7 Å². The summed E-state index contributed by atoms with van der Waals surface area (Å²) in [6.07, 6.45) is -0.628. The average molecular weight is 417 g/mol. The van der Waals surface area contributed by atoms with Gasteiger partial charge in [0, 0.05) is 26.2 Å². The lowest BCUT2D eigenvalue weighted by atomic mass is 10.0. The van der Waals surface area contributed by atoms with Crippen molar-refractivity contribution in [2.45, 2.75) is 37.7 Å². The number of amides is 1. The second-order valence-electron chi connectivity index (χ2n) is 7.53. The molecule has 3 rings (SSSR count). The monoisotopic (exact) mass is 416 g/mol. The molecule has 1 fully saturated rings. The highest BCUT2D eigenvalue weighted by Crippen LogP contribution is 2.21. The summed E-state index contributed by atoms with van der Waals surface area (Å²) in [6, 6.07) is 16.1. The molecular formula is C22H28N2O4S. The van der Waals surface area contributed by atoms with Crippen molar-refractivity contribution in [2.75, 3.05) is 26.2 Å².